The summed E-state index contributed by atoms with van der Waals surface area (Å²) in [5.74, 6) is -1.20. The fraction of sp³-hybridized carbons (Fsp3) is 0.214. The average Bonchev–Trinajstić information content (AvgIpc) is 3.53. The van der Waals surface area contributed by atoms with Gasteiger partial charge in [-0.2, -0.15) is 0 Å². The van der Waals surface area contributed by atoms with Crippen molar-refractivity contribution in [3.8, 4) is 5.75 Å². The molecular weight excluding hydrogens is 492 g/mol. The zero-order valence-corrected chi connectivity index (χ0v) is 20.7. The van der Waals surface area contributed by atoms with Crippen molar-refractivity contribution in [2.75, 3.05) is 19.6 Å². The first-order valence-electron chi connectivity index (χ1n) is 11.9. The van der Waals surface area contributed by atoms with Crippen LogP contribution in [0.1, 0.15) is 34.3 Å². The number of fused-ring (bicyclic) bond motifs is 1. The van der Waals surface area contributed by atoms with Crippen LogP contribution in [-0.2, 0) is 16.2 Å². The van der Waals surface area contributed by atoms with Crippen LogP contribution in [-0.4, -0.2) is 57.6 Å². The highest BCUT2D eigenvalue weighted by Gasteiger charge is 2.37. The van der Waals surface area contributed by atoms with Gasteiger partial charge in [-0.3, -0.25) is 19.3 Å². The van der Waals surface area contributed by atoms with E-state index >= 15 is 0 Å². The van der Waals surface area contributed by atoms with Crippen molar-refractivity contribution in [2.24, 2.45) is 0 Å². The molecule has 2 heterocycles. The molecule has 0 spiro atoms. The van der Waals surface area contributed by atoms with E-state index in [9.17, 15) is 19.2 Å². The van der Waals surface area contributed by atoms with E-state index in [4.69, 9.17) is 9.84 Å². The minimum atomic E-state index is -1.000. The van der Waals surface area contributed by atoms with Gasteiger partial charge in [-0.25, -0.2) is 4.79 Å². The van der Waals surface area contributed by atoms with Gasteiger partial charge >= 0.3 is 5.97 Å². The summed E-state index contributed by atoms with van der Waals surface area (Å²) < 4.78 is 6.09. The van der Waals surface area contributed by atoms with Gasteiger partial charge in [0.05, 0.1) is 10.5 Å². The molecule has 5 rings (SSSR count). The third-order valence-corrected chi connectivity index (χ3v) is 7.33. The smallest absolute Gasteiger partial charge is 0.335 e. The largest absolute Gasteiger partial charge is 0.488 e. The standard InChI is InChI=1S/C28H24N2O6S/c31-25(29-13-3-4-14-29)16-30-26(32)24(37-28(30)35)15-22-21-6-2-1-5-19(21)11-12-23(22)36-17-18-7-9-20(10-8-18)27(33)34/h1-2,5-12,15H,3-4,13-14,16-17H2,(H,33,34)/b24-15+. The summed E-state index contributed by atoms with van der Waals surface area (Å²) in [6.07, 6.45) is 3.51. The normalized spacial score (nSPS) is 16.7. The molecule has 0 bridgehead atoms. The lowest BCUT2D eigenvalue weighted by molar-refractivity contribution is -0.135. The first-order chi connectivity index (χ1) is 17.9. The van der Waals surface area contributed by atoms with E-state index in [1.807, 2.05) is 30.3 Å². The Morgan fingerprint density at radius 2 is 1.70 bits per heavy atom. The number of hydrogen-bond donors (Lipinski definition) is 1. The van der Waals surface area contributed by atoms with Gasteiger partial charge in [0.1, 0.15) is 18.9 Å². The number of aromatic carboxylic acids is 1. The maximum atomic E-state index is 13.1. The van der Waals surface area contributed by atoms with Crippen LogP contribution in [0, 0.1) is 0 Å². The second kappa shape index (κ2) is 10.5. The minimum absolute atomic E-state index is 0.185. The lowest BCUT2D eigenvalue weighted by atomic mass is 10.0. The molecule has 1 N–H and O–H groups in total. The van der Waals surface area contributed by atoms with Gasteiger partial charge in [0.25, 0.3) is 11.1 Å². The second-order valence-corrected chi connectivity index (χ2v) is 9.84. The number of likely N-dealkylation sites (tertiary alicyclic amines) is 1. The lowest BCUT2D eigenvalue weighted by Gasteiger charge is -2.18. The topological polar surface area (TPSA) is 104 Å². The molecule has 3 aromatic carbocycles. The first kappa shape index (κ1) is 24.6. The first-order valence-corrected chi connectivity index (χ1v) is 12.7. The van der Waals surface area contributed by atoms with E-state index in [1.165, 1.54) is 12.1 Å². The summed E-state index contributed by atoms with van der Waals surface area (Å²) >= 11 is 0.814. The number of amides is 3. The van der Waals surface area contributed by atoms with Crippen LogP contribution in [0.2, 0.25) is 0 Å². The molecular formula is C28H24N2O6S. The number of imide groups is 1. The van der Waals surface area contributed by atoms with Crippen molar-refractivity contribution in [1.29, 1.82) is 0 Å². The predicted molar refractivity (Wildman–Crippen MR) is 140 cm³/mol. The van der Waals surface area contributed by atoms with Gasteiger partial charge in [-0.1, -0.05) is 42.5 Å². The number of nitrogens with zero attached hydrogens (tertiary/aromatic N) is 2. The Labute approximate surface area is 217 Å². The van der Waals surface area contributed by atoms with Gasteiger partial charge in [0.2, 0.25) is 5.91 Å². The molecule has 9 heteroatoms. The highest BCUT2D eigenvalue weighted by molar-refractivity contribution is 8.18. The van der Waals surface area contributed by atoms with Crippen LogP contribution in [0.5, 0.6) is 5.75 Å². The van der Waals surface area contributed by atoms with E-state index in [2.05, 4.69) is 0 Å². The predicted octanol–water partition coefficient (Wildman–Crippen LogP) is 4.78. The number of benzene rings is 3. The maximum Gasteiger partial charge on any atom is 0.335 e. The second-order valence-electron chi connectivity index (χ2n) is 8.85. The molecule has 2 aliphatic heterocycles. The minimum Gasteiger partial charge on any atom is -0.488 e. The molecule has 2 fully saturated rings. The molecule has 3 amide bonds. The summed E-state index contributed by atoms with van der Waals surface area (Å²) in [6.45, 7) is 1.24. The molecule has 0 atom stereocenters. The number of ether oxygens (including phenoxy) is 1. The summed E-state index contributed by atoms with van der Waals surface area (Å²) in [5.41, 5.74) is 1.62. The molecule has 8 nitrogen and oxygen atoms in total. The van der Waals surface area contributed by atoms with Crippen molar-refractivity contribution >= 4 is 51.6 Å². The van der Waals surface area contributed by atoms with Crippen molar-refractivity contribution in [2.45, 2.75) is 19.4 Å². The quantitative estimate of drug-likeness (QED) is 0.451. The number of carbonyl (C=O) groups excluding carboxylic acids is 3. The summed E-state index contributed by atoms with van der Waals surface area (Å²) in [5, 5.41) is 10.4. The Bertz CT molecular complexity index is 1430. The molecule has 188 valence electrons. The number of thioether (sulfide) groups is 1. The zero-order chi connectivity index (χ0) is 25.9. The van der Waals surface area contributed by atoms with Gasteiger partial charge < -0.3 is 14.7 Å². The van der Waals surface area contributed by atoms with Gasteiger partial charge in [-0.05, 0) is 65.2 Å². The highest BCUT2D eigenvalue weighted by atomic mass is 32.2. The van der Waals surface area contributed by atoms with Gasteiger partial charge in [-0.15, -0.1) is 0 Å². The summed E-state index contributed by atoms with van der Waals surface area (Å²) in [6, 6.07) is 17.8. The molecule has 37 heavy (non-hydrogen) atoms. The molecule has 0 aliphatic carbocycles. The van der Waals surface area contributed by atoms with Gasteiger partial charge in [0, 0.05) is 18.7 Å². The maximum absolute atomic E-state index is 13.1. The molecule has 0 saturated carbocycles. The van der Waals surface area contributed by atoms with Crippen LogP contribution in [0.25, 0.3) is 16.8 Å². The number of carboxylic acids is 1. The number of rotatable bonds is 7. The lowest BCUT2D eigenvalue weighted by Crippen LogP contribution is -2.40. The Kier molecular flexibility index (Phi) is 6.96. The van der Waals surface area contributed by atoms with E-state index < -0.39 is 17.1 Å². The summed E-state index contributed by atoms with van der Waals surface area (Å²) in [7, 11) is 0. The molecule has 2 aliphatic rings. The fourth-order valence-corrected chi connectivity index (χ4v) is 5.24. The Balaban J connectivity index is 1.42. The highest BCUT2D eigenvalue weighted by Crippen LogP contribution is 2.37. The third kappa shape index (κ3) is 5.22. The molecule has 0 aromatic heterocycles. The number of hydrogen-bond acceptors (Lipinski definition) is 6. The van der Waals surface area contributed by atoms with E-state index in [1.54, 1.807) is 29.2 Å². The zero-order valence-electron chi connectivity index (χ0n) is 19.9. The Morgan fingerprint density at radius 3 is 2.43 bits per heavy atom. The summed E-state index contributed by atoms with van der Waals surface area (Å²) in [4.78, 5) is 52.4. The monoisotopic (exact) mass is 516 g/mol. The molecule has 0 unspecified atom stereocenters. The van der Waals surface area contributed by atoms with Crippen LogP contribution in [0.4, 0.5) is 4.79 Å². The van der Waals surface area contributed by atoms with E-state index in [-0.39, 0.29) is 29.5 Å². The fourth-order valence-electron chi connectivity index (χ4n) is 4.42. The van der Waals surface area contributed by atoms with Crippen molar-refractivity contribution in [3.63, 3.8) is 0 Å². The number of carbonyl (C=O) groups is 4. The molecule has 0 radical (unpaired) electrons. The SMILES string of the molecule is O=C(O)c1ccc(COc2ccc3ccccc3c2/C=C2/SC(=O)N(CC(=O)N3CCCC3)C2=O)cc1. The Hall–Kier alpha value is -4.11. The average molecular weight is 517 g/mol. The van der Waals surface area contributed by atoms with Crippen LogP contribution < -0.4 is 4.74 Å². The number of carboxylic acid groups (broad SMARTS) is 1. The van der Waals surface area contributed by atoms with Crippen molar-refractivity contribution in [1.82, 2.24) is 9.80 Å². The van der Waals surface area contributed by atoms with Crippen molar-refractivity contribution < 1.29 is 29.0 Å². The third-order valence-electron chi connectivity index (χ3n) is 6.43. The van der Waals surface area contributed by atoms with Crippen LogP contribution in [0.15, 0.2) is 65.6 Å². The van der Waals surface area contributed by atoms with E-state index in [0.29, 0.717) is 24.4 Å². The van der Waals surface area contributed by atoms with Crippen LogP contribution in [0.3, 0.4) is 0 Å². The molecule has 3 aromatic rings. The van der Waals surface area contributed by atoms with E-state index in [0.717, 1.165) is 45.8 Å². The van der Waals surface area contributed by atoms with Gasteiger partial charge in [0.15, 0.2) is 0 Å². The van der Waals surface area contributed by atoms with Crippen LogP contribution >= 0.6 is 11.8 Å². The van der Waals surface area contributed by atoms with Crippen molar-refractivity contribution in [3.05, 3.63) is 82.3 Å². The molecule has 2 saturated heterocycles. The Morgan fingerprint density at radius 1 is 0.973 bits per heavy atom.